The number of nitrogens with one attached hydrogen (secondary N) is 1. The SMILES string of the molecule is Cc1ccc(F)cc1NC(=O)c1cc(F)c(-n2nc3n(c2=O)CCOC3)cc1O[C@@H](C)C(F)(F)F. The highest BCUT2D eigenvalue weighted by atomic mass is 19.4. The normalized spacial score (nSPS) is 14.4. The van der Waals surface area contributed by atoms with Crippen LogP contribution in [-0.4, -0.2) is 39.1 Å². The summed E-state index contributed by atoms with van der Waals surface area (Å²) in [6.07, 6.45) is -7.17. The molecule has 35 heavy (non-hydrogen) atoms. The van der Waals surface area contributed by atoms with Gasteiger partial charge in [-0.25, -0.2) is 13.6 Å². The number of nitrogens with zero attached hydrogens (tertiary/aromatic N) is 3. The highest BCUT2D eigenvalue weighted by molar-refractivity contribution is 6.06. The molecule has 1 aromatic heterocycles. The zero-order valence-electron chi connectivity index (χ0n) is 18.4. The predicted octanol–water partition coefficient (Wildman–Crippen LogP) is 3.73. The first-order chi connectivity index (χ1) is 16.5. The summed E-state index contributed by atoms with van der Waals surface area (Å²) in [6.45, 7) is 2.67. The fourth-order valence-corrected chi connectivity index (χ4v) is 3.40. The minimum absolute atomic E-state index is 0.00814. The second-order valence-corrected chi connectivity index (χ2v) is 7.83. The van der Waals surface area contributed by atoms with Crippen LogP contribution in [0, 0.1) is 18.6 Å². The second kappa shape index (κ2) is 9.13. The minimum atomic E-state index is -4.80. The molecule has 4 rings (SSSR count). The Morgan fingerprint density at radius 1 is 1.23 bits per heavy atom. The van der Waals surface area contributed by atoms with Crippen LogP contribution < -0.4 is 15.7 Å². The van der Waals surface area contributed by atoms with Crippen LogP contribution in [0.4, 0.5) is 27.6 Å². The molecule has 2 heterocycles. The van der Waals surface area contributed by atoms with Crippen LogP contribution in [0.2, 0.25) is 0 Å². The van der Waals surface area contributed by atoms with E-state index in [4.69, 9.17) is 9.47 Å². The van der Waals surface area contributed by atoms with Gasteiger partial charge in [0.2, 0.25) is 0 Å². The molecule has 1 amide bonds. The molecule has 1 aliphatic heterocycles. The van der Waals surface area contributed by atoms with Gasteiger partial charge in [-0.05, 0) is 37.6 Å². The van der Waals surface area contributed by atoms with Crippen molar-refractivity contribution in [3.05, 3.63) is 69.4 Å². The number of hydrogen-bond donors (Lipinski definition) is 1. The molecule has 0 bridgehead atoms. The molecule has 2 aromatic carbocycles. The van der Waals surface area contributed by atoms with Gasteiger partial charge in [-0.2, -0.15) is 17.9 Å². The molecule has 13 heteroatoms. The maximum absolute atomic E-state index is 15.1. The molecule has 8 nitrogen and oxygen atoms in total. The third kappa shape index (κ3) is 4.90. The molecule has 1 atom stereocenters. The minimum Gasteiger partial charge on any atom is -0.480 e. The van der Waals surface area contributed by atoms with Crippen molar-refractivity contribution in [3.8, 4) is 11.4 Å². The van der Waals surface area contributed by atoms with E-state index in [9.17, 15) is 27.2 Å². The Kier molecular flexibility index (Phi) is 6.36. The fourth-order valence-electron chi connectivity index (χ4n) is 3.40. The van der Waals surface area contributed by atoms with E-state index < -0.39 is 52.5 Å². The van der Waals surface area contributed by atoms with E-state index in [-0.39, 0.29) is 31.3 Å². The van der Waals surface area contributed by atoms with Crippen LogP contribution in [0.15, 0.2) is 35.1 Å². The lowest BCUT2D eigenvalue weighted by Crippen LogP contribution is -2.32. The Bertz CT molecular complexity index is 1350. The number of amides is 1. The van der Waals surface area contributed by atoms with Crippen LogP contribution in [0.3, 0.4) is 0 Å². The number of ether oxygens (including phenoxy) is 2. The average molecular weight is 498 g/mol. The molecule has 0 aliphatic carbocycles. The monoisotopic (exact) mass is 498 g/mol. The number of rotatable bonds is 5. The Morgan fingerprint density at radius 3 is 2.66 bits per heavy atom. The summed E-state index contributed by atoms with van der Waals surface area (Å²) in [5.74, 6) is -3.27. The molecule has 3 aromatic rings. The van der Waals surface area contributed by atoms with Gasteiger partial charge >= 0.3 is 11.9 Å². The lowest BCUT2D eigenvalue weighted by atomic mass is 10.1. The third-order valence-electron chi connectivity index (χ3n) is 5.36. The van der Waals surface area contributed by atoms with E-state index in [0.717, 1.165) is 18.2 Å². The topological polar surface area (TPSA) is 87.4 Å². The number of carbonyl (C=O) groups excluding carboxylic acids is 1. The summed E-state index contributed by atoms with van der Waals surface area (Å²) in [4.78, 5) is 25.6. The molecule has 0 unspecified atom stereocenters. The van der Waals surface area contributed by atoms with Crippen LogP contribution in [0.25, 0.3) is 5.69 Å². The zero-order chi connectivity index (χ0) is 25.5. The Labute approximate surface area is 194 Å². The molecule has 0 saturated carbocycles. The molecule has 186 valence electrons. The number of hydrogen-bond acceptors (Lipinski definition) is 5. The second-order valence-electron chi connectivity index (χ2n) is 7.83. The van der Waals surface area contributed by atoms with E-state index in [1.807, 2.05) is 0 Å². The summed E-state index contributed by atoms with van der Waals surface area (Å²) in [5, 5.41) is 6.34. The highest BCUT2D eigenvalue weighted by Gasteiger charge is 2.39. The first kappa shape index (κ1) is 24.4. The van der Waals surface area contributed by atoms with Crippen molar-refractivity contribution >= 4 is 11.6 Å². The van der Waals surface area contributed by atoms with Gasteiger partial charge in [-0.1, -0.05) is 6.07 Å². The van der Waals surface area contributed by atoms with E-state index in [1.54, 1.807) is 6.92 Å². The highest BCUT2D eigenvalue weighted by Crippen LogP contribution is 2.31. The number of anilines is 1. The van der Waals surface area contributed by atoms with Gasteiger partial charge in [-0.15, -0.1) is 5.10 Å². The van der Waals surface area contributed by atoms with Gasteiger partial charge in [-0.3, -0.25) is 9.36 Å². The van der Waals surface area contributed by atoms with Crippen LogP contribution in [0.5, 0.6) is 5.75 Å². The molecule has 0 spiro atoms. The fraction of sp³-hybridized carbons (Fsp3) is 0.318. The number of alkyl halides is 3. The number of halogens is 5. The van der Waals surface area contributed by atoms with Crippen molar-refractivity contribution in [3.63, 3.8) is 0 Å². The number of aromatic nitrogens is 3. The van der Waals surface area contributed by atoms with Gasteiger partial charge in [0.05, 0.1) is 18.7 Å². The van der Waals surface area contributed by atoms with Crippen molar-refractivity contribution in [2.75, 3.05) is 11.9 Å². The number of benzene rings is 2. The standard InChI is InChI=1S/C22H19F5N4O4/c1-11-3-4-13(23)7-16(11)28-20(32)14-8-15(24)17(9-18(14)35-12(2)22(25,26)27)31-21(33)30-5-6-34-10-19(30)29-31/h3-4,7-9,12H,5-6,10H2,1-2H3,(H,28,32)/t12-/m0/s1. The predicted molar refractivity (Wildman–Crippen MR) is 113 cm³/mol. The molecule has 1 N–H and O–H groups in total. The van der Waals surface area contributed by atoms with Crippen LogP contribution >= 0.6 is 0 Å². The molecule has 0 fully saturated rings. The zero-order valence-corrected chi connectivity index (χ0v) is 18.4. The Hall–Kier alpha value is -3.74. The van der Waals surface area contributed by atoms with Gasteiger partial charge in [0.25, 0.3) is 5.91 Å². The molecular weight excluding hydrogens is 479 g/mol. The van der Waals surface area contributed by atoms with E-state index in [1.165, 1.54) is 10.6 Å². The summed E-state index contributed by atoms with van der Waals surface area (Å²) >= 11 is 0. The van der Waals surface area contributed by atoms with Gasteiger partial charge in [0.1, 0.15) is 29.7 Å². The first-order valence-electron chi connectivity index (χ1n) is 10.4. The van der Waals surface area contributed by atoms with E-state index in [0.29, 0.717) is 23.2 Å². The lowest BCUT2D eigenvalue weighted by molar-refractivity contribution is -0.189. The number of aryl methyl sites for hydroxylation is 1. The largest absolute Gasteiger partial charge is 0.480 e. The van der Waals surface area contributed by atoms with Crippen LogP contribution in [0.1, 0.15) is 28.7 Å². The number of carbonyl (C=O) groups is 1. The maximum atomic E-state index is 15.1. The first-order valence-corrected chi connectivity index (χ1v) is 10.4. The van der Waals surface area contributed by atoms with Crippen molar-refractivity contribution in [1.29, 1.82) is 0 Å². The lowest BCUT2D eigenvalue weighted by Gasteiger charge is -2.20. The van der Waals surface area contributed by atoms with E-state index >= 15 is 4.39 Å². The number of fused-ring (bicyclic) bond motifs is 1. The molecule has 1 aliphatic rings. The summed E-state index contributed by atoms with van der Waals surface area (Å²) in [5.41, 5.74) is -1.34. The van der Waals surface area contributed by atoms with Gasteiger partial charge in [0, 0.05) is 11.8 Å². The van der Waals surface area contributed by atoms with Crippen molar-refractivity contribution in [1.82, 2.24) is 14.3 Å². The summed E-state index contributed by atoms with van der Waals surface area (Å²) < 4.78 is 80.5. The Morgan fingerprint density at radius 2 is 1.97 bits per heavy atom. The van der Waals surface area contributed by atoms with Crippen molar-refractivity contribution < 1.29 is 36.2 Å². The van der Waals surface area contributed by atoms with Crippen molar-refractivity contribution in [2.24, 2.45) is 0 Å². The van der Waals surface area contributed by atoms with Crippen molar-refractivity contribution in [2.45, 2.75) is 39.3 Å². The average Bonchev–Trinajstić information content (AvgIpc) is 3.13. The molecule has 0 radical (unpaired) electrons. The van der Waals surface area contributed by atoms with Gasteiger partial charge in [0.15, 0.2) is 11.9 Å². The van der Waals surface area contributed by atoms with E-state index in [2.05, 4.69) is 10.4 Å². The molecule has 0 saturated heterocycles. The maximum Gasteiger partial charge on any atom is 0.425 e. The Balaban J connectivity index is 1.80. The molecular formula is C22H19F5N4O4. The third-order valence-corrected chi connectivity index (χ3v) is 5.36. The summed E-state index contributed by atoms with van der Waals surface area (Å²) in [6, 6.07) is 4.99. The summed E-state index contributed by atoms with van der Waals surface area (Å²) in [7, 11) is 0. The quantitative estimate of drug-likeness (QED) is 0.542. The van der Waals surface area contributed by atoms with Crippen LogP contribution in [-0.2, 0) is 17.9 Å². The van der Waals surface area contributed by atoms with Gasteiger partial charge < -0.3 is 14.8 Å². The smallest absolute Gasteiger partial charge is 0.425 e.